The lowest BCUT2D eigenvalue weighted by molar-refractivity contribution is -0.481. The maximum atomic E-state index is 15.0. The van der Waals surface area contributed by atoms with Crippen LogP contribution in [0, 0.1) is 11.7 Å². The molecule has 11 nitrogen and oxygen atoms in total. The second kappa shape index (κ2) is 10.0. The molecule has 0 radical (unpaired) electrons. The molecule has 0 saturated heterocycles. The number of fused-ring (bicyclic) bond motifs is 1. The Morgan fingerprint density at radius 1 is 1.08 bits per heavy atom. The SMILES string of the molecule is COc1cc2nccc(Oc3ccc(NC(=O)C4N=[N+](C)C(=O)N(CC5CC5)C4=O)cc3F)c2cc1OC. The summed E-state index contributed by atoms with van der Waals surface area (Å²) in [6.07, 6.45) is 3.38. The normalized spacial score (nSPS) is 17.3. The number of hydrogen-bond donors (Lipinski definition) is 1. The summed E-state index contributed by atoms with van der Waals surface area (Å²) in [6, 6.07) is 6.80. The van der Waals surface area contributed by atoms with E-state index < -0.39 is 29.7 Å². The summed E-state index contributed by atoms with van der Waals surface area (Å²) in [7, 11) is 4.40. The highest BCUT2D eigenvalue weighted by molar-refractivity contribution is 6.13. The van der Waals surface area contributed by atoms with Crippen LogP contribution in [0.5, 0.6) is 23.0 Å². The molecular formula is C26H25FN5O6+. The van der Waals surface area contributed by atoms with Crippen LogP contribution in [0.15, 0.2) is 47.7 Å². The summed E-state index contributed by atoms with van der Waals surface area (Å²) in [5, 5.41) is 6.99. The second-order valence-electron chi connectivity index (χ2n) is 8.99. The molecule has 5 rings (SSSR count). The quantitative estimate of drug-likeness (QED) is 0.351. The van der Waals surface area contributed by atoms with Gasteiger partial charge in [0.25, 0.3) is 11.9 Å². The van der Waals surface area contributed by atoms with Gasteiger partial charge in [-0.2, -0.15) is 9.69 Å². The Balaban J connectivity index is 1.34. The number of urea groups is 1. The predicted molar refractivity (Wildman–Crippen MR) is 132 cm³/mol. The Morgan fingerprint density at radius 3 is 2.50 bits per heavy atom. The molecule has 2 aromatic carbocycles. The van der Waals surface area contributed by atoms with Crippen LogP contribution >= 0.6 is 0 Å². The first-order valence-electron chi connectivity index (χ1n) is 11.9. The van der Waals surface area contributed by atoms with Gasteiger partial charge in [0.15, 0.2) is 23.1 Å². The average molecular weight is 523 g/mol. The van der Waals surface area contributed by atoms with Gasteiger partial charge >= 0.3 is 11.9 Å². The Kier molecular flexibility index (Phi) is 6.62. The van der Waals surface area contributed by atoms with Gasteiger partial charge < -0.3 is 19.5 Å². The fourth-order valence-electron chi connectivity index (χ4n) is 4.11. The van der Waals surface area contributed by atoms with Crippen molar-refractivity contribution in [1.82, 2.24) is 9.88 Å². The molecule has 1 aliphatic heterocycles. The number of aromatic nitrogens is 1. The molecule has 1 N–H and O–H groups in total. The standard InChI is InChI=1S/C26H24FN5O6/c1-31-26(35)32(13-14-4-5-14)25(34)23(30-31)24(33)29-15-6-7-20(17(27)10-15)38-19-8-9-28-18-12-22(37-3)21(36-2)11-16(18)19/h6-12,14,23H,4-5,13H2,1-3H3/p+1. The van der Waals surface area contributed by atoms with Gasteiger partial charge in [0.05, 0.1) is 19.7 Å². The second-order valence-corrected chi connectivity index (χ2v) is 8.99. The molecule has 3 aromatic rings. The van der Waals surface area contributed by atoms with Crippen molar-refractivity contribution in [2.24, 2.45) is 11.0 Å². The van der Waals surface area contributed by atoms with E-state index >= 15 is 4.39 Å². The van der Waals surface area contributed by atoms with Crippen LogP contribution in [0.1, 0.15) is 12.8 Å². The number of imide groups is 1. The molecule has 2 heterocycles. The molecule has 2 aliphatic rings. The molecule has 1 atom stereocenters. The maximum absolute atomic E-state index is 15.0. The molecule has 0 bridgehead atoms. The number of nitrogens with one attached hydrogen (secondary N) is 1. The maximum Gasteiger partial charge on any atom is 0.520 e. The number of amides is 4. The summed E-state index contributed by atoms with van der Waals surface area (Å²) in [6.45, 7) is 0.254. The topological polar surface area (TPSA) is 122 Å². The lowest BCUT2D eigenvalue weighted by Gasteiger charge is -2.20. The van der Waals surface area contributed by atoms with Gasteiger partial charge in [-0.05, 0) is 43.0 Å². The van der Waals surface area contributed by atoms with Crippen molar-refractivity contribution < 1.29 is 37.7 Å². The number of rotatable bonds is 8. The fraction of sp³-hybridized carbons (Fsp3) is 0.308. The lowest BCUT2D eigenvalue weighted by Crippen LogP contribution is -2.54. The van der Waals surface area contributed by atoms with Gasteiger partial charge in [-0.3, -0.25) is 9.78 Å². The van der Waals surface area contributed by atoms with E-state index in [4.69, 9.17) is 14.2 Å². The van der Waals surface area contributed by atoms with Crippen molar-refractivity contribution in [3.8, 4) is 23.0 Å². The summed E-state index contributed by atoms with van der Waals surface area (Å²) in [5.41, 5.74) is 0.659. The Labute approximate surface area is 216 Å². The van der Waals surface area contributed by atoms with E-state index in [2.05, 4.69) is 15.4 Å². The molecule has 1 aromatic heterocycles. The summed E-state index contributed by atoms with van der Waals surface area (Å²) < 4.78 is 32.5. The number of hydrogen-bond acceptors (Lipinski definition) is 8. The number of pyridine rings is 1. The zero-order chi connectivity index (χ0) is 27.0. The molecule has 196 valence electrons. The number of methoxy groups -OCH3 is 2. The number of carbonyl (C=O) groups excluding carboxylic acids is 3. The van der Waals surface area contributed by atoms with E-state index in [0.717, 1.165) is 28.5 Å². The molecule has 12 heteroatoms. The lowest BCUT2D eigenvalue weighted by atomic mass is 10.1. The third-order valence-electron chi connectivity index (χ3n) is 6.31. The van der Waals surface area contributed by atoms with Gasteiger partial charge in [0.2, 0.25) is 0 Å². The van der Waals surface area contributed by atoms with E-state index in [1.807, 2.05) is 0 Å². The minimum absolute atomic E-state index is 0.0929. The zero-order valence-corrected chi connectivity index (χ0v) is 20.9. The molecule has 38 heavy (non-hydrogen) atoms. The zero-order valence-electron chi connectivity index (χ0n) is 20.9. The van der Waals surface area contributed by atoms with Gasteiger partial charge in [-0.15, -0.1) is 4.70 Å². The van der Waals surface area contributed by atoms with Crippen molar-refractivity contribution in [3.05, 3.63) is 48.4 Å². The van der Waals surface area contributed by atoms with Crippen LogP contribution in [-0.4, -0.2) is 66.3 Å². The molecule has 4 amide bonds. The van der Waals surface area contributed by atoms with Crippen LogP contribution < -0.4 is 19.5 Å². The third kappa shape index (κ3) is 4.84. The molecule has 1 fully saturated rings. The number of nitrogens with zero attached hydrogens (tertiary/aromatic N) is 4. The van der Waals surface area contributed by atoms with Crippen molar-refractivity contribution >= 4 is 34.4 Å². The smallest absolute Gasteiger partial charge is 0.493 e. The van der Waals surface area contributed by atoms with Crippen molar-refractivity contribution in [2.45, 2.75) is 18.9 Å². The first-order valence-corrected chi connectivity index (χ1v) is 11.9. The van der Waals surface area contributed by atoms with E-state index in [0.29, 0.717) is 28.2 Å². The van der Waals surface area contributed by atoms with Gasteiger partial charge in [-0.25, -0.2) is 9.18 Å². The van der Waals surface area contributed by atoms with Crippen LogP contribution in [0.4, 0.5) is 14.9 Å². The van der Waals surface area contributed by atoms with E-state index in [9.17, 15) is 14.4 Å². The van der Waals surface area contributed by atoms with Crippen LogP contribution in [0.2, 0.25) is 0 Å². The first-order chi connectivity index (χ1) is 18.3. The van der Waals surface area contributed by atoms with Crippen LogP contribution in [0.3, 0.4) is 0 Å². The van der Waals surface area contributed by atoms with E-state index in [-0.39, 0.29) is 23.9 Å². The van der Waals surface area contributed by atoms with Gasteiger partial charge in [0, 0.05) is 29.4 Å². The monoisotopic (exact) mass is 522 g/mol. The summed E-state index contributed by atoms with van der Waals surface area (Å²) in [4.78, 5) is 43.3. The van der Waals surface area contributed by atoms with Crippen LogP contribution in [0.25, 0.3) is 10.9 Å². The largest absolute Gasteiger partial charge is 0.520 e. The fourth-order valence-corrected chi connectivity index (χ4v) is 4.11. The van der Waals surface area contributed by atoms with E-state index in [1.165, 1.54) is 39.6 Å². The van der Waals surface area contributed by atoms with Gasteiger partial charge in [0.1, 0.15) is 19.3 Å². The molecule has 0 spiro atoms. The number of benzene rings is 2. The Bertz CT molecular complexity index is 1490. The van der Waals surface area contributed by atoms with E-state index in [1.54, 1.807) is 18.2 Å². The highest BCUT2D eigenvalue weighted by Crippen LogP contribution is 2.37. The number of azo groups is 2. The Hall–Kier alpha value is -4.61. The summed E-state index contributed by atoms with van der Waals surface area (Å²) in [5.74, 6) is -0.777. The van der Waals surface area contributed by atoms with Gasteiger partial charge in [-0.1, -0.05) is 5.11 Å². The third-order valence-corrected chi connectivity index (χ3v) is 6.31. The summed E-state index contributed by atoms with van der Waals surface area (Å²) >= 11 is 0. The number of halogens is 1. The molecular weight excluding hydrogens is 497 g/mol. The Morgan fingerprint density at radius 2 is 1.82 bits per heavy atom. The average Bonchev–Trinajstić information content (AvgIpc) is 3.73. The number of anilines is 1. The minimum Gasteiger partial charge on any atom is -0.493 e. The highest BCUT2D eigenvalue weighted by atomic mass is 19.1. The predicted octanol–water partition coefficient (Wildman–Crippen LogP) is 3.96. The number of carbonyl (C=O) groups is 3. The van der Waals surface area contributed by atoms with Crippen molar-refractivity contribution in [3.63, 3.8) is 0 Å². The van der Waals surface area contributed by atoms with Crippen molar-refractivity contribution in [1.29, 1.82) is 0 Å². The highest BCUT2D eigenvalue weighted by Gasteiger charge is 2.48. The van der Waals surface area contributed by atoms with Crippen LogP contribution in [-0.2, 0) is 9.59 Å². The molecule has 1 unspecified atom stereocenters. The molecule has 1 saturated carbocycles. The van der Waals surface area contributed by atoms with Crippen molar-refractivity contribution in [2.75, 3.05) is 33.1 Å². The first kappa shape index (κ1) is 25.1. The molecule has 1 aliphatic carbocycles. The number of ether oxygens (including phenoxy) is 3. The minimum atomic E-state index is -1.45.